The number of primary sulfonamides is 1. The average molecular weight is 322 g/mol. The van der Waals surface area contributed by atoms with Gasteiger partial charge in [-0.3, -0.25) is 4.79 Å². The van der Waals surface area contributed by atoms with Crippen molar-refractivity contribution in [1.82, 2.24) is 0 Å². The van der Waals surface area contributed by atoms with Crippen LogP contribution in [0.15, 0.2) is 41.3 Å². The monoisotopic (exact) mass is 322 g/mol. The maximum absolute atomic E-state index is 13.5. The van der Waals surface area contributed by atoms with Gasteiger partial charge in [0.15, 0.2) is 0 Å². The van der Waals surface area contributed by atoms with Crippen LogP contribution in [0.25, 0.3) is 0 Å². The van der Waals surface area contributed by atoms with Crippen LogP contribution in [-0.4, -0.2) is 14.3 Å². The molecule has 0 saturated carbocycles. The minimum Gasteiger partial charge on any atom is -0.322 e. The fourth-order valence-corrected chi connectivity index (χ4v) is 2.73. The summed E-state index contributed by atoms with van der Waals surface area (Å²) in [5.41, 5.74) is 1.31. The van der Waals surface area contributed by atoms with E-state index in [1.54, 1.807) is 19.9 Å². The summed E-state index contributed by atoms with van der Waals surface area (Å²) in [7, 11) is -3.91. The number of carbonyl (C=O) groups excluding carboxylic acids is 1. The van der Waals surface area contributed by atoms with Crippen molar-refractivity contribution in [2.75, 3.05) is 5.32 Å². The van der Waals surface area contributed by atoms with Gasteiger partial charge in [0.05, 0.1) is 4.90 Å². The Bertz CT molecular complexity index is 848. The Kier molecular flexibility index (Phi) is 4.30. The molecule has 2 aromatic rings. The molecule has 22 heavy (non-hydrogen) atoms. The van der Waals surface area contributed by atoms with E-state index in [2.05, 4.69) is 5.32 Å². The first-order valence-electron chi connectivity index (χ1n) is 6.39. The van der Waals surface area contributed by atoms with E-state index in [1.165, 1.54) is 30.3 Å². The summed E-state index contributed by atoms with van der Waals surface area (Å²) in [5.74, 6) is -0.986. The first kappa shape index (κ1) is 16.1. The van der Waals surface area contributed by atoms with Crippen molar-refractivity contribution < 1.29 is 17.6 Å². The molecule has 0 spiro atoms. The summed E-state index contributed by atoms with van der Waals surface area (Å²) in [5, 5.41) is 7.62. The highest BCUT2D eigenvalue weighted by Crippen LogP contribution is 2.18. The molecule has 0 aliphatic heterocycles. The Morgan fingerprint density at radius 1 is 1.09 bits per heavy atom. The van der Waals surface area contributed by atoms with Crippen LogP contribution >= 0.6 is 0 Å². The molecule has 0 heterocycles. The van der Waals surface area contributed by atoms with Gasteiger partial charge in [0, 0.05) is 11.3 Å². The Labute approximate surface area is 128 Å². The van der Waals surface area contributed by atoms with E-state index in [1.807, 2.05) is 0 Å². The molecule has 0 unspecified atom stereocenters. The predicted molar refractivity (Wildman–Crippen MR) is 81.6 cm³/mol. The molecule has 116 valence electrons. The Morgan fingerprint density at radius 2 is 1.73 bits per heavy atom. The average Bonchev–Trinajstić information content (AvgIpc) is 2.42. The standard InChI is InChI=1S/C15H15FN2O3S/c1-9-4-6-12(8-13(9)16)18-15(19)11-5-3-10(2)14(7-11)22(17,20)21/h3-8H,1-2H3,(H,18,19)(H2,17,20,21). The molecule has 2 rings (SSSR count). The Balaban J connectivity index is 2.32. The van der Waals surface area contributed by atoms with Crippen molar-refractivity contribution in [3.8, 4) is 0 Å². The lowest BCUT2D eigenvalue weighted by Crippen LogP contribution is -2.17. The van der Waals surface area contributed by atoms with Crippen LogP contribution < -0.4 is 10.5 Å². The number of rotatable bonds is 3. The summed E-state index contributed by atoms with van der Waals surface area (Å²) in [4.78, 5) is 12.0. The number of nitrogens with two attached hydrogens (primary N) is 1. The minimum atomic E-state index is -3.91. The molecular formula is C15H15FN2O3S. The van der Waals surface area contributed by atoms with Gasteiger partial charge in [-0.1, -0.05) is 12.1 Å². The van der Waals surface area contributed by atoms with Crippen LogP contribution in [0.4, 0.5) is 10.1 Å². The second-order valence-corrected chi connectivity index (χ2v) is 6.47. The van der Waals surface area contributed by atoms with Crippen molar-refractivity contribution in [2.24, 2.45) is 5.14 Å². The molecule has 5 nitrogen and oxygen atoms in total. The van der Waals surface area contributed by atoms with Crippen LogP contribution in [0, 0.1) is 19.7 Å². The number of hydrogen-bond acceptors (Lipinski definition) is 3. The van der Waals surface area contributed by atoms with Crippen molar-refractivity contribution in [1.29, 1.82) is 0 Å². The summed E-state index contributed by atoms with van der Waals surface area (Å²) < 4.78 is 36.4. The third kappa shape index (κ3) is 3.49. The Hall–Kier alpha value is -2.25. The molecule has 0 aliphatic carbocycles. The molecule has 2 aromatic carbocycles. The lowest BCUT2D eigenvalue weighted by Gasteiger charge is -2.09. The highest BCUT2D eigenvalue weighted by atomic mass is 32.2. The van der Waals surface area contributed by atoms with E-state index >= 15 is 0 Å². The first-order chi connectivity index (χ1) is 10.2. The van der Waals surface area contributed by atoms with E-state index < -0.39 is 21.7 Å². The molecule has 0 aromatic heterocycles. The summed E-state index contributed by atoms with van der Waals surface area (Å²) in [6, 6.07) is 8.46. The zero-order chi connectivity index (χ0) is 16.5. The van der Waals surface area contributed by atoms with Crippen molar-refractivity contribution >= 4 is 21.6 Å². The van der Waals surface area contributed by atoms with Crippen LogP contribution in [0.1, 0.15) is 21.5 Å². The number of aryl methyl sites for hydroxylation is 2. The smallest absolute Gasteiger partial charge is 0.255 e. The van der Waals surface area contributed by atoms with E-state index in [-0.39, 0.29) is 16.1 Å². The molecule has 0 aliphatic rings. The lowest BCUT2D eigenvalue weighted by atomic mass is 10.1. The normalized spacial score (nSPS) is 11.3. The van der Waals surface area contributed by atoms with Gasteiger partial charge in [-0.15, -0.1) is 0 Å². The summed E-state index contributed by atoms with van der Waals surface area (Å²) >= 11 is 0. The van der Waals surface area contributed by atoms with Crippen LogP contribution in [0.3, 0.4) is 0 Å². The number of hydrogen-bond donors (Lipinski definition) is 2. The first-order valence-corrected chi connectivity index (χ1v) is 7.94. The number of halogens is 1. The van der Waals surface area contributed by atoms with E-state index in [9.17, 15) is 17.6 Å². The SMILES string of the molecule is Cc1ccc(NC(=O)c2ccc(C)c(S(N)(=O)=O)c2)cc1F. The quantitative estimate of drug-likeness (QED) is 0.909. The van der Waals surface area contributed by atoms with Crippen molar-refractivity contribution in [2.45, 2.75) is 18.7 Å². The van der Waals surface area contributed by atoms with E-state index in [4.69, 9.17) is 5.14 Å². The molecule has 7 heteroatoms. The fourth-order valence-electron chi connectivity index (χ4n) is 1.92. The van der Waals surface area contributed by atoms with Gasteiger partial charge in [0.1, 0.15) is 5.82 Å². The third-order valence-corrected chi connectivity index (χ3v) is 4.24. The highest BCUT2D eigenvalue weighted by Gasteiger charge is 2.15. The lowest BCUT2D eigenvalue weighted by molar-refractivity contribution is 0.102. The molecule has 3 N–H and O–H groups in total. The number of benzene rings is 2. The van der Waals surface area contributed by atoms with Crippen LogP contribution in [-0.2, 0) is 10.0 Å². The maximum atomic E-state index is 13.5. The molecular weight excluding hydrogens is 307 g/mol. The molecule has 1 amide bonds. The summed E-state index contributed by atoms with van der Waals surface area (Å²) in [6.45, 7) is 3.19. The second-order valence-electron chi connectivity index (χ2n) is 4.94. The van der Waals surface area contributed by atoms with Crippen molar-refractivity contribution in [3.05, 3.63) is 58.9 Å². The zero-order valence-corrected chi connectivity index (χ0v) is 12.9. The van der Waals surface area contributed by atoms with Gasteiger partial charge in [-0.05, 0) is 49.2 Å². The molecule has 0 bridgehead atoms. The predicted octanol–water partition coefficient (Wildman–Crippen LogP) is 2.34. The number of sulfonamides is 1. The number of nitrogens with one attached hydrogen (secondary N) is 1. The third-order valence-electron chi connectivity index (χ3n) is 3.19. The highest BCUT2D eigenvalue weighted by molar-refractivity contribution is 7.89. The molecule has 0 saturated heterocycles. The maximum Gasteiger partial charge on any atom is 0.255 e. The second kappa shape index (κ2) is 5.86. The van der Waals surface area contributed by atoms with Gasteiger partial charge < -0.3 is 5.32 Å². The summed E-state index contributed by atoms with van der Waals surface area (Å²) in [6.07, 6.45) is 0. The van der Waals surface area contributed by atoms with Gasteiger partial charge in [-0.25, -0.2) is 17.9 Å². The van der Waals surface area contributed by atoms with E-state index in [0.29, 0.717) is 11.1 Å². The number of amides is 1. The van der Waals surface area contributed by atoms with Gasteiger partial charge in [0.2, 0.25) is 10.0 Å². The topological polar surface area (TPSA) is 89.3 Å². The number of carbonyl (C=O) groups is 1. The number of anilines is 1. The molecule has 0 atom stereocenters. The largest absolute Gasteiger partial charge is 0.322 e. The van der Waals surface area contributed by atoms with Gasteiger partial charge >= 0.3 is 0 Å². The minimum absolute atomic E-state index is 0.116. The fraction of sp³-hybridized carbons (Fsp3) is 0.133. The van der Waals surface area contributed by atoms with Gasteiger partial charge in [0.25, 0.3) is 5.91 Å². The molecule has 0 fully saturated rings. The van der Waals surface area contributed by atoms with E-state index in [0.717, 1.165) is 0 Å². The van der Waals surface area contributed by atoms with Gasteiger partial charge in [-0.2, -0.15) is 0 Å². The zero-order valence-electron chi connectivity index (χ0n) is 12.1. The Morgan fingerprint density at radius 3 is 2.32 bits per heavy atom. The molecule has 0 radical (unpaired) electrons. The van der Waals surface area contributed by atoms with Crippen molar-refractivity contribution in [3.63, 3.8) is 0 Å². The van der Waals surface area contributed by atoms with Crippen LogP contribution in [0.5, 0.6) is 0 Å². The van der Waals surface area contributed by atoms with Crippen LogP contribution in [0.2, 0.25) is 0 Å².